The zero-order valence-corrected chi connectivity index (χ0v) is 40.6. The van der Waals surface area contributed by atoms with Crippen molar-refractivity contribution in [3.05, 3.63) is 283 Å². The summed E-state index contributed by atoms with van der Waals surface area (Å²) >= 11 is 0. The minimum atomic E-state index is -0.447. The van der Waals surface area contributed by atoms with Crippen molar-refractivity contribution in [2.24, 2.45) is 0 Å². The SMILES string of the molecule is c1ccc(-c2nc(-c3ccccc3)nc(-c3cccc4c3c3cc(-c5ccc6c(c5)c5ccc7c(c5n6-c5ccccc5)-c5ccccc5C75c6ccccc6-c6ccccc65)ccc3n4-c3ccccc3)n2)cc1. The molecule has 14 aromatic rings. The number of aromatic nitrogens is 5. The second-order valence-corrected chi connectivity index (χ2v) is 19.8. The molecule has 2 aliphatic rings. The molecular formula is C70H43N5. The number of rotatable bonds is 6. The van der Waals surface area contributed by atoms with Crippen molar-refractivity contribution < 1.29 is 0 Å². The maximum absolute atomic E-state index is 5.26. The lowest BCUT2D eigenvalue weighted by molar-refractivity contribution is 0.794. The molecule has 0 N–H and O–H groups in total. The Morgan fingerprint density at radius 3 is 1.35 bits per heavy atom. The Labute approximate surface area is 433 Å². The molecule has 3 aromatic heterocycles. The van der Waals surface area contributed by atoms with Crippen molar-refractivity contribution in [2.75, 3.05) is 0 Å². The van der Waals surface area contributed by atoms with Gasteiger partial charge in [-0.25, -0.2) is 15.0 Å². The normalized spacial score (nSPS) is 12.9. The molecule has 0 aliphatic heterocycles. The molecule has 1 spiro atoms. The molecule has 0 unspecified atom stereocenters. The summed E-state index contributed by atoms with van der Waals surface area (Å²) < 4.78 is 4.89. The Balaban J connectivity index is 0.944. The van der Waals surface area contributed by atoms with Gasteiger partial charge in [0.25, 0.3) is 0 Å². The summed E-state index contributed by atoms with van der Waals surface area (Å²) in [5.74, 6) is 1.89. The Bertz CT molecular complexity index is 4530. The summed E-state index contributed by atoms with van der Waals surface area (Å²) in [7, 11) is 0. The summed E-state index contributed by atoms with van der Waals surface area (Å²) in [6.07, 6.45) is 0. The van der Waals surface area contributed by atoms with Gasteiger partial charge in [0, 0.05) is 55.2 Å². The van der Waals surface area contributed by atoms with Crippen molar-refractivity contribution in [3.8, 4) is 78.9 Å². The Morgan fingerprint density at radius 1 is 0.280 bits per heavy atom. The standard InChI is InChI=1S/C70H43N5/c1-5-20-44(21-6-1)67-71-68(45-22-7-2-8-23-45)73-69(72-67)54-31-19-35-63-64(54)56-43-47(37-41-62(56)74(63)48-24-9-3-10-25-48)46-36-40-61-55(42-46)52-38-39-60-65(66(52)75(61)49-26-11-4-12-27-49)53-30-15-18-34-59(53)70(60)57-32-16-13-28-50(57)51-29-14-17-33-58(51)70/h1-43H. The average Bonchev–Trinajstić information content (AvgIpc) is 4.40. The van der Waals surface area contributed by atoms with Crippen LogP contribution in [0.1, 0.15) is 22.3 Å². The predicted molar refractivity (Wildman–Crippen MR) is 307 cm³/mol. The molecule has 348 valence electrons. The first-order valence-electron chi connectivity index (χ1n) is 25.7. The molecule has 11 aromatic carbocycles. The van der Waals surface area contributed by atoms with Crippen molar-refractivity contribution >= 4 is 43.6 Å². The van der Waals surface area contributed by atoms with E-state index in [-0.39, 0.29) is 0 Å². The van der Waals surface area contributed by atoms with E-state index in [9.17, 15) is 0 Å². The van der Waals surface area contributed by atoms with Crippen LogP contribution in [0.15, 0.2) is 261 Å². The minimum Gasteiger partial charge on any atom is -0.309 e. The molecule has 0 fully saturated rings. The molecule has 0 radical (unpaired) electrons. The van der Waals surface area contributed by atoms with Crippen LogP contribution in [0, 0.1) is 0 Å². The van der Waals surface area contributed by atoms with Crippen LogP contribution in [0.5, 0.6) is 0 Å². The highest BCUT2D eigenvalue weighted by molar-refractivity contribution is 6.19. The molecule has 5 heteroatoms. The van der Waals surface area contributed by atoms with Gasteiger partial charge in [0.2, 0.25) is 0 Å². The number of para-hydroxylation sites is 2. The number of hydrogen-bond acceptors (Lipinski definition) is 3. The van der Waals surface area contributed by atoms with E-state index in [1.165, 1.54) is 66.3 Å². The maximum Gasteiger partial charge on any atom is 0.164 e. The summed E-state index contributed by atoms with van der Waals surface area (Å²) in [4.78, 5) is 15.6. The van der Waals surface area contributed by atoms with Gasteiger partial charge in [-0.2, -0.15) is 0 Å². The van der Waals surface area contributed by atoms with Crippen LogP contribution in [0.25, 0.3) is 123 Å². The highest BCUT2D eigenvalue weighted by Crippen LogP contribution is 2.64. The highest BCUT2D eigenvalue weighted by atomic mass is 15.0. The van der Waals surface area contributed by atoms with Crippen LogP contribution >= 0.6 is 0 Å². The van der Waals surface area contributed by atoms with E-state index in [0.29, 0.717) is 17.5 Å². The molecule has 75 heavy (non-hydrogen) atoms. The van der Waals surface area contributed by atoms with Gasteiger partial charge in [0.1, 0.15) is 0 Å². The third-order valence-electron chi connectivity index (χ3n) is 16.0. The minimum absolute atomic E-state index is 0.447. The molecular weight excluding hydrogens is 911 g/mol. The second kappa shape index (κ2) is 16.0. The molecule has 0 amide bonds. The molecule has 0 saturated carbocycles. The average molecular weight is 954 g/mol. The quantitative estimate of drug-likeness (QED) is 0.167. The fourth-order valence-corrected chi connectivity index (χ4v) is 12.9. The van der Waals surface area contributed by atoms with Gasteiger partial charge in [-0.1, -0.05) is 206 Å². The molecule has 16 rings (SSSR count). The molecule has 5 nitrogen and oxygen atoms in total. The van der Waals surface area contributed by atoms with Gasteiger partial charge in [0.05, 0.1) is 27.5 Å². The van der Waals surface area contributed by atoms with Crippen LogP contribution in [-0.2, 0) is 5.41 Å². The van der Waals surface area contributed by atoms with Crippen LogP contribution in [0.3, 0.4) is 0 Å². The fourth-order valence-electron chi connectivity index (χ4n) is 12.9. The van der Waals surface area contributed by atoms with Crippen molar-refractivity contribution in [2.45, 2.75) is 5.41 Å². The lowest BCUT2D eigenvalue weighted by Gasteiger charge is -2.30. The van der Waals surface area contributed by atoms with Gasteiger partial charge in [-0.15, -0.1) is 0 Å². The van der Waals surface area contributed by atoms with Gasteiger partial charge in [-0.3, -0.25) is 0 Å². The van der Waals surface area contributed by atoms with E-state index in [0.717, 1.165) is 61.0 Å². The summed E-state index contributed by atoms with van der Waals surface area (Å²) in [6, 6.07) is 94.6. The van der Waals surface area contributed by atoms with E-state index >= 15 is 0 Å². The Morgan fingerprint density at radius 2 is 0.747 bits per heavy atom. The first-order chi connectivity index (χ1) is 37.2. The van der Waals surface area contributed by atoms with Gasteiger partial charge in [-0.05, 0) is 105 Å². The van der Waals surface area contributed by atoms with Crippen molar-refractivity contribution in [1.29, 1.82) is 0 Å². The Hall–Kier alpha value is -9.97. The number of fused-ring (bicyclic) bond motifs is 17. The third kappa shape index (κ3) is 5.92. The zero-order chi connectivity index (χ0) is 49.2. The third-order valence-corrected chi connectivity index (χ3v) is 16.0. The number of nitrogens with zero attached hydrogens (tertiary/aromatic N) is 5. The number of benzene rings is 11. The van der Waals surface area contributed by atoms with Gasteiger partial charge in [0.15, 0.2) is 17.5 Å². The van der Waals surface area contributed by atoms with Crippen molar-refractivity contribution in [1.82, 2.24) is 24.1 Å². The molecule has 0 bridgehead atoms. The van der Waals surface area contributed by atoms with E-state index < -0.39 is 5.41 Å². The summed E-state index contributed by atoms with van der Waals surface area (Å²) in [6.45, 7) is 0. The fraction of sp³-hybridized carbons (Fsp3) is 0.0143. The molecule has 0 saturated heterocycles. The predicted octanol–water partition coefficient (Wildman–Crippen LogP) is 17.1. The van der Waals surface area contributed by atoms with E-state index in [2.05, 4.69) is 234 Å². The summed E-state index contributed by atoms with van der Waals surface area (Å²) in [5, 5.41) is 4.64. The monoisotopic (exact) mass is 953 g/mol. The summed E-state index contributed by atoms with van der Waals surface area (Å²) in [5.41, 5.74) is 22.0. The molecule has 3 heterocycles. The topological polar surface area (TPSA) is 48.5 Å². The molecule has 2 aliphatic carbocycles. The van der Waals surface area contributed by atoms with Crippen LogP contribution in [0.4, 0.5) is 0 Å². The van der Waals surface area contributed by atoms with Crippen LogP contribution < -0.4 is 0 Å². The Kier molecular flexibility index (Phi) is 8.89. The largest absolute Gasteiger partial charge is 0.309 e. The smallest absolute Gasteiger partial charge is 0.164 e. The van der Waals surface area contributed by atoms with Crippen LogP contribution in [-0.4, -0.2) is 24.1 Å². The number of hydrogen-bond donors (Lipinski definition) is 0. The van der Waals surface area contributed by atoms with Gasteiger partial charge >= 0.3 is 0 Å². The van der Waals surface area contributed by atoms with E-state index in [4.69, 9.17) is 15.0 Å². The first-order valence-corrected chi connectivity index (χ1v) is 25.7. The maximum atomic E-state index is 5.26. The molecule has 0 atom stereocenters. The van der Waals surface area contributed by atoms with E-state index in [1.54, 1.807) is 0 Å². The van der Waals surface area contributed by atoms with E-state index in [1.807, 2.05) is 36.4 Å². The lowest BCUT2D eigenvalue weighted by atomic mass is 9.70. The highest BCUT2D eigenvalue weighted by Gasteiger charge is 2.52. The lowest BCUT2D eigenvalue weighted by Crippen LogP contribution is -2.25. The van der Waals surface area contributed by atoms with Crippen LogP contribution in [0.2, 0.25) is 0 Å². The second-order valence-electron chi connectivity index (χ2n) is 19.8. The zero-order valence-electron chi connectivity index (χ0n) is 40.6. The van der Waals surface area contributed by atoms with Gasteiger partial charge < -0.3 is 9.13 Å². The van der Waals surface area contributed by atoms with Crippen molar-refractivity contribution in [3.63, 3.8) is 0 Å². The first kappa shape index (κ1) is 41.6.